The number of hydrogen-bond acceptors (Lipinski definition) is 5. The molecule has 5 nitrogen and oxygen atoms in total. The zero-order valence-corrected chi connectivity index (χ0v) is 13.9. The van der Waals surface area contributed by atoms with Gasteiger partial charge in [-0.1, -0.05) is 12.1 Å². The topological polar surface area (TPSA) is 59.5 Å². The highest BCUT2D eigenvalue weighted by Gasteiger charge is 2.31. The maximum absolute atomic E-state index is 12.8. The zero-order chi connectivity index (χ0) is 16.4. The van der Waals surface area contributed by atoms with Gasteiger partial charge in [-0.05, 0) is 26.0 Å². The minimum absolute atomic E-state index is 0.00786. The predicted molar refractivity (Wildman–Crippen MR) is 87.9 cm³/mol. The third-order valence-corrected chi connectivity index (χ3v) is 4.91. The Morgan fingerprint density at radius 2 is 1.96 bits per heavy atom. The molecule has 0 aliphatic carbocycles. The van der Waals surface area contributed by atoms with Crippen LogP contribution in [0.4, 0.5) is 0 Å². The van der Waals surface area contributed by atoms with Crippen LogP contribution in [0, 0.1) is 6.92 Å². The summed E-state index contributed by atoms with van der Waals surface area (Å²) in [6.45, 7) is 4.98. The molecule has 1 fully saturated rings. The number of ketones is 1. The van der Waals surface area contributed by atoms with Gasteiger partial charge in [0.25, 0.3) is 5.91 Å². The Hall–Kier alpha value is -2.05. The number of amides is 1. The summed E-state index contributed by atoms with van der Waals surface area (Å²) in [7, 11) is 0. The van der Waals surface area contributed by atoms with Crippen molar-refractivity contribution >= 4 is 23.0 Å². The Morgan fingerprint density at radius 3 is 2.57 bits per heavy atom. The summed E-state index contributed by atoms with van der Waals surface area (Å²) in [5.74, 6) is -0.0623. The van der Waals surface area contributed by atoms with Gasteiger partial charge in [0.2, 0.25) is 0 Å². The summed E-state index contributed by atoms with van der Waals surface area (Å²) in [6, 6.07) is 6.65. The Bertz CT molecular complexity index is 724. The summed E-state index contributed by atoms with van der Waals surface area (Å²) in [4.78, 5) is 30.5. The second kappa shape index (κ2) is 6.60. The predicted octanol–water partition coefficient (Wildman–Crippen LogP) is 2.87. The number of carbonyl (C=O) groups is 2. The first-order valence-electron chi connectivity index (χ1n) is 7.48. The highest BCUT2D eigenvalue weighted by atomic mass is 32.1. The van der Waals surface area contributed by atoms with Gasteiger partial charge in [0, 0.05) is 28.7 Å². The van der Waals surface area contributed by atoms with Crippen LogP contribution in [0.5, 0.6) is 0 Å². The van der Waals surface area contributed by atoms with Crippen molar-refractivity contribution in [1.82, 2.24) is 9.88 Å². The number of hydrogen-bond donors (Lipinski definition) is 0. The lowest BCUT2D eigenvalue weighted by molar-refractivity contribution is -0.00277. The normalized spacial score (nSPS) is 18.0. The number of nitrogens with zero attached hydrogens (tertiary/aromatic N) is 2. The molecule has 2 aromatic rings. The molecule has 2 heterocycles. The van der Waals surface area contributed by atoms with Crippen molar-refractivity contribution in [3.63, 3.8) is 0 Å². The van der Waals surface area contributed by atoms with E-state index in [-0.39, 0.29) is 17.7 Å². The van der Waals surface area contributed by atoms with Crippen molar-refractivity contribution in [3.8, 4) is 0 Å². The molecule has 1 aliphatic heterocycles. The number of aromatic nitrogens is 1. The lowest BCUT2D eigenvalue weighted by Crippen LogP contribution is -2.43. The smallest absolute Gasteiger partial charge is 0.254 e. The third-order valence-electron chi connectivity index (χ3n) is 3.85. The van der Waals surface area contributed by atoms with Crippen molar-refractivity contribution in [3.05, 3.63) is 51.5 Å². The summed E-state index contributed by atoms with van der Waals surface area (Å²) >= 11 is 1.55. The van der Waals surface area contributed by atoms with Gasteiger partial charge < -0.3 is 9.64 Å². The molecule has 1 amide bonds. The number of carbonyl (C=O) groups excluding carboxylic acids is 2. The highest BCUT2D eigenvalue weighted by Crippen LogP contribution is 2.28. The summed E-state index contributed by atoms with van der Waals surface area (Å²) < 4.78 is 5.54. The van der Waals surface area contributed by atoms with Gasteiger partial charge in [0.15, 0.2) is 5.78 Å². The Balaban J connectivity index is 1.85. The molecule has 0 unspecified atom stereocenters. The molecule has 120 valence electrons. The molecule has 1 aromatic carbocycles. The molecule has 1 atom stereocenters. The second-order valence-electron chi connectivity index (χ2n) is 5.55. The summed E-state index contributed by atoms with van der Waals surface area (Å²) in [5, 5.41) is 2.88. The molecule has 1 aliphatic rings. The lowest BCUT2D eigenvalue weighted by atomic mass is 10.1. The van der Waals surface area contributed by atoms with Gasteiger partial charge in [0.05, 0.1) is 13.2 Å². The fraction of sp³-hybridized carbons (Fsp3) is 0.353. The van der Waals surface area contributed by atoms with Crippen molar-refractivity contribution < 1.29 is 14.3 Å². The average molecular weight is 330 g/mol. The number of morpholine rings is 1. The van der Waals surface area contributed by atoms with E-state index in [0.29, 0.717) is 30.9 Å². The SMILES string of the molecule is CC(=O)c1ccc(C(=O)N2CCOC[C@H]2c2nc(C)cs2)cc1. The van der Waals surface area contributed by atoms with E-state index in [1.54, 1.807) is 35.6 Å². The molecule has 23 heavy (non-hydrogen) atoms. The first kappa shape index (κ1) is 15.8. The number of rotatable bonds is 3. The first-order chi connectivity index (χ1) is 11.1. The molecular weight excluding hydrogens is 312 g/mol. The molecule has 0 bridgehead atoms. The van der Waals surface area contributed by atoms with Crippen molar-refractivity contribution in [2.24, 2.45) is 0 Å². The maximum Gasteiger partial charge on any atom is 0.254 e. The number of aryl methyl sites for hydroxylation is 1. The van der Waals surface area contributed by atoms with E-state index in [9.17, 15) is 9.59 Å². The van der Waals surface area contributed by atoms with Crippen LogP contribution in [0.1, 0.15) is 44.4 Å². The van der Waals surface area contributed by atoms with E-state index in [2.05, 4.69) is 4.98 Å². The number of thiazole rings is 1. The Kier molecular flexibility index (Phi) is 4.54. The van der Waals surface area contributed by atoms with Crippen molar-refractivity contribution in [2.45, 2.75) is 19.9 Å². The van der Waals surface area contributed by atoms with Gasteiger partial charge in [-0.15, -0.1) is 11.3 Å². The van der Waals surface area contributed by atoms with Crippen LogP contribution >= 0.6 is 11.3 Å². The molecule has 0 spiro atoms. The van der Waals surface area contributed by atoms with E-state index in [1.807, 2.05) is 17.2 Å². The van der Waals surface area contributed by atoms with Crippen LogP contribution in [-0.4, -0.2) is 41.3 Å². The molecular formula is C17H18N2O3S. The minimum atomic E-state index is -0.151. The van der Waals surface area contributed by atoms with E-state index in [4.69, 9.17) is 4.74 Å². The Labute approximate surface area is 138 Å². The third kappa shape index (κ3) is 3.33. The van der Waals surface area contributed by atoms with E-state index in [1.165, 1.54) is 6.92 Å². The number of Topliss-reactive ketones (excluding diaryl/α,β-unsaturated/α-hetero) is 1. The fourth-order valence-corrected chi connectivity index (χ4v) is 3.48. The van der Waals surface area contributed by atoms with Gasteiger partial charge in [-0.2, -0.15) is 0 Å². The molecule has 1 aromatic heterocycles. The summed E-state index contributed by atoms with van der Waals surface area (Å²) in [6.07, 6.45) is 0. The van der Waals surface area contributed by atoms with Crippen LogP contribution in [0.15, 0.2) is 29.6 Å². The standard InChI is InChI=1S/C17H18N2O3S/c1-11-10-23-16(18-11)15-9-22-8-7-19(15)17(21)14-5-3-13(4-6-14)12(2)20/h3-6,10,15H,7-9H2,1-2H3/t15-/m0/s1. The molecule has 1 saturated heterocycles. The van der Waals surface area contributed by atoms with Crippen LogP contribution in [0.3, 0.4) is 0 Å². The molecule has 3 rings (SSSR count). The van der Waals surface area contributed by atoms with Crippen LogP contribution in [0.25, 0.3) is 0 Å². The lowest BCUT2D eigenvalue weighted by Gasteiger charge is -2.34. The summed E-state index contributed by atoms with van der Waals surface area (Å²) in [5.41, 5.74) is 2.14. The van der Waals surface area contributed by atoms with Gasteiger partial charge >= 0.3 is 0 Å². The van der Waals surface area contributed by atoms with Crippen molar-refractivity contribution in [1.29, 1.82) is 0 Å². The van der Waals surface area contributed by atoms with Crippen LogP contribution < -0.4 is 0 Å². The number of ether oxygens (including phenoxy) is 1. The monoisotopic (exact) mass is 330 g/mol. The van der Waals surface area contributed by atoms with Crippen LogP contribution in [-0.2, 0) is 4.74 Å². The molecule has 6 heteroatoms. The maximum atomic E-state index is 12.8. The van der Waals surface area contributed by atoms with Crippen molar-refractivity contribution in [2.75, 3.05) is 19.8 Å². The van der Waals surface area contributed by atoms with Crippen LogP contribution in [0.2, 0.25) is 0 Å². The molecule has 0 radical (unpaired) electrons. The minimum Gasteiger partial charge on any atom is -0.377 e. The number of benzene rings is 1. The van der Waals surface area contributed by atoms with E-state index >= 15 is 0 Å². The molecule has 0 N–H and O–H groups in total. The second-order valence-corrected chi connectivity index (χ2v) is 6.44. The van der Waals surface area contributed by atoms with Gasteiger partial charge in [-0.3, -0.25) is 9.59 Å². The quantitative estimate of drug-likeness (QED) is 0.812. The average Bonchev–Trinajstić information content (AvgIpc) is 3.00. The first-order valence-corrected chi connectivity index (χ1v) is 8.36. The fourth-order valence-electron chi connectivity index (χ4n) is 2.59. The zero-order valence-electron chi connectivity index (χ0n) is 13.1. The Morgan fingerprint density at radius 1 is 1.26 bits per heavy atom. The van der Waals surface area contributed by atoms with Gasteiger partial charge in [-0.25, -0.2) is 4.98 Å². The molecule has 0 saturated carbocycles. The van der Waals surface area contributed by atoms with Gasteiger partial charge in [0.1, 0.15) is 11.0 Å². The van der Waals surface area contributed by atoms with E-state index in [0.717, 1.165) is 10.7 Å². The van der Waals surface area contributed by atoms with E-state index < -0.39 is 0 Å². The highest BCUT2D eigenvalue weighted by molar-refractivity contribution is 7.09. The largest absolute Gasteiger partial charge is 0.377 e.